The number of hydrogen-bond acceptors (Lipinski definition) is 3. The number of aryl methyl sites for hydroxylation is 2. The number of carbonyl (C=O) groups excluding carboxylic acids is 1. The van der Waals surface area contributed by atoms with E-state index in [0.717, 1.165) is 24.0 Å². The van der Waals surface area contributed by atoms with Crippen molar-refractivity contribution in [3.8, 4) is 5.88 Å². The number of halogens is 1. The summed E-state index contributed by atoms with van der Waals surface area (Å²) in [5.41, 5.74) is 3.10. The van der Waals surface area contributed by atoms with Crippen LogP contribution in [0.1, 0.15) is 34.3 Å². The molecule has 0 saturated carbocycles. The van der Waals surface area contributed by atoms with Crippen molar-refractivity contribution in [2.45, 2.75) is 32.8 Å². The van der Waals surface area contributed by atoms with Gasteiger partial charge in [-0.3, -0.25) is 4.79 Å². The second-order valence-corrected chi connectivity index (χ2v) is 6.61. The summed E-state index contributed by atoms with van der Waals surface area (Å²) in [6.07, 6.45) is 3.27. The third-order valence-corrected chi connectivity index (χ3v) is 4.77. The largest absolute Gasteiger partial charge is 0.473 e. The Labute approximate surface area is 147 Å². The van der Waals surface area contributed by atoms with Gasteiger partial charge in [-0.15, -0.1) is 0 Å². The van der Waals surface area contributed by atoms with Crippen LogP contribution >= 0.6 is 11.6 Å². The van der Waals surface area contributed by atoms with Crippen molar-refractivity contribution in [3.63, 3.8) is 0 Å². The molecule has 4 nitrogen and oxygen atoms in total. The van der Waals surface area contributed by atoms with Crippen LogP contribution in [0, 0.1) is 13.8 Å². The molecule has 1 aromatic carbocycles. The highest BCUT2D eigenvalue weighted by Gasteiger charge is 2.25. The van der Waals surface area contributed by atoms with Crippen LogP contribution in [-0.4, -0.2) is 35.0 Å². The van der Waals surface area contributed by atoms with Gasteiger partial charge in [0.25, 0.3) is 5.91 Å². The van der Waals surface area contributed by atoms with E-state index in [0.29, 0.717) is 24.0 Å². The highest BCUT2D eigenvalue weighted by Crippen LogP contribution is 2.25. The fourth-order valence-corrected chi connectivity index (χ4v) is 3.02. The SMILES string of the molecule is Cc1ccc(C(=O)N2CCC(Oc3ncccc3Cl)CC2)cc1C. The molecule has 3 rings (SSSR count). The van der Waals surface area contributed by atoms with Crippen LogP contribution in [0.5, 0.6) is 5.88 Å². The van der Waals surface area contributed by atoms with Gasteiger partial charge in [-0.2, -0.15) is 0 Å². The third-order valence-electron chi connectivity index (χ3n) is 4.49. The molecule has 0 N–H and O–H groups in total. The first-order valence-electron chi connectivity index (χ1n) is 8.18. The molecule has 126 valence electrons. The maximum atomic E-state index is 12.6. The summed E-state index contributed by atoms with van der Waals surface area (Å²) in [5, 5.41) is 0.520. The highest BCUT2D eigenvalue weighted by molar-refractivity contribution is 6.31. The maximum absolute atomic E-state index is 12.6. The predicted molar refractivity (Wildman–Crippen MR) is 94.7 cm³/mol. The van der Waals surface area contributed by atoms with Crippen LogP contribution < -0.4 is 4.74 Å². The molecule has 1 aromatic heterocycles. The van der Waals surface area contributed by atoms with Crippen molar-refractivity contribution in [2.75, 3.05) is 13.1 Å². The van der Waals surface area contributed by atoms with Crippen molar-refractivity contribution >= 4 is 17.5 Å². The second kappa shape index (κ2) is 7.22. The summed E-state index contributed by atoms with van der Waals surface area (Å²) >= 11 is 6.08. The van der Waals surface area contributed by atoms with Crippen LogP contribution in [0.3, 0.4) is 0 Å². The summed E-state index contributed by atoms with van der Waals surface area (Å²) in [4.78, 5) is 18.7. The van der Waals surface area contributed by atoms with E-state index >= 15 is 0 Å². The molecule has 2 aromatic rings. The first-order valence-corrected chi connectivity index (χ1v) is 8.56. The number of rotatable bonds is 3. The Bertz CT molecular complexity index is 740. The van der Waals surface area contributed by atoms with Crippen molar-refractivity contribution in [3.05, 3.63) is 58.2 Å². The number of hydrogen-bond donors (Lipinski definition) is 0. The fourth-order valence-electron chi connectivity index (χ4n) is 2.85. The quantitative estimate of drug-likeness (QED) is 0.844. The van der Waals surface area contributed by atoms with Gasteiger partial charge in [0.2, 0.25) is 5.88 Å². The highest BCUT2D eigenvalue weighted by atomic mass is 35.5. The molecule has 5 heteroatoms. The van der Waals surface area contributed by atoms with Crippen LogP contribution in [0.4, 0.5) is 0 Å². The monoisotopic (exact) mass is 344 g/mol. The van der Waals surface area contributed by atoms with Crippen molar-refractivity contribution in [1.29, 1.82) is 0 Å². The first kappa shape index (κ1) is 16.8. The lowest BCUT2D eigenvalue weighted by Gasteiger charge is -2.32. The standard InChI is InChI=1S/C19H21ClN2O2/c1-13-5-6-15(12-14(13)2)19(23)22-10-7-16(8-11-22)24-18-17(20)4-3-9-21-18/h3-6,9,12,16H,7-8,10-11H2,1-2H3. The van der Waals surface area contributed by atoms with E-state index < -0.39 is 0 Å². The van der Waals surface area contributed by atoms with E-state index in [1.807, 2.05) is 30.0 Å². The summed E-state index contributed by atoms with van der Waals surface area (Å²) in [6, 6.07) is 9.42. The van der Waals surface area contributed by atoms with Crippen LogP contribution in [-0.2, 0) is 0 Å². The molecular formula is C19H21ClN2O2. The lowest BCUT2D eigenvalue weighted by molar-refractivity contribution is 0.0588. The molecule has 0 atom stereocenters. The third kappa shape index (κ3) is 3.70. The Morgan fingerprint density at radius 2 is 1.96 bits per heavy atom. The minimum absolute atomic E-state index is 0.0428. The topological polar surface area (TPSA) is 42.4 Å². The maximum Gasteiger partial charge on any atom is 0.253 e. The Hall–Kier alpha value is -2.07. The number of pyridine rings is 1. The molecule has 1 aliphatic heterocycles. The van der Waals surface area contributed by atoms with Gasteiger partial charge in [0.1, 0.15) is 11.1 Å². The molecule has 24 heavy (non-hydrogen) atoms. The molecule has 2 heterocycles. The lowest BCUT2D eigenvalue weighted by Crippen LogP contribution is -2.41. The average Bonchev–Trinajstić information content (AvgIpc) is 2.59. The molecule has 0 radical (unpaired) electrons. The zero-order valence-electron chi connectivity index (χ0n) is 14.0. The molecule has 0 bridgehead atoms. The number of aromatic nitrogens is 1. The predicted octanol–water partition coefficient (Wildman–Crippen LogP) is 4.04. The molecular weight excluding hydrogens is 324 g/mol. The zero-order valence-corrected chi connectivity index (χ0v) is 14.7. The first-order chi connectivity index (χ1) is 11.5. The molecule has 1 amide bonds. The van der Waals surface area contributed by atoms with Gasteiger partial charge < -0.3 is 9.64 Å². The van der Waals surface area contributed by atoms with Crippen molar-refractivity contribution in [1.82, 2.24) is 9.88 Å². The zero-order chi connectivity index (χ0) is 17.1. The van der Waals surface area contributed by atoms with E-state index in [4.69, 9.17) is 16.3 Å². The van der Waals surface area contributed by atoms with Gasteiger partial charge in [0.05, 0.1) is 0 Å². The minimum Gasteiger partial charge on any atom is -0.473 e. The molecule has 1 aliphatic rings. The van der Waals surface area contributed by atoms with Gasteiger partial charge in [0, 0.05) is 37.7 Å². The summed E-state index contributed by atoms with van der Waals surface area (Å²) in [7, 11) is 0. The minimum atomic E-state index is 0.0428. The van der Waals surface area contributed by atoms with Crippen LogP contribution in [0.15, 0.2) is 36.5 Å². The number of carbonyl (C=O) groups is 1. The van der Waals surface area contributed by atoms with E-state index in [2.05, 4.69) is 11.9 Å². The summed E-state index contributed by atoms with van der Waals surface area (Å²) < 4.78 is 5.87. The average molecular weight is 345 g/mol. The number of benzene rings is 1. The van der Waals surface area contributed by atoms with Gasteiger partial charge in [-0.25, -0.2) is 4.98 Å². The smallest absolute Gasteiger partial charge is 0.253 e. The van der Waals surface area contributed by atoms with Crippen LogP contribution in [0.25, 0.3) is 0 Å². The van der Waals surface area contributed by atoms with Gasteiger partial charge in [-0.1, -0.05) is 17.7 Å². The molecule has 0 aliphatic carbocycles. The Balaban J connectivity index is 1.59. The summed E-state index contributed by atoms with van der Waals surface area (Å²) in [5.74, 6) is 0.561. The number of amides is 1. The Kier molecular flexibility index (Phi) is 5.05. The second-order valence-electron chi connectivity index (χ2n) is 6.20. The Morgan fingerprint density at radius 1 is 1.21 bits per heavy atom. The number of ether oxygens (including phenoxy) is 1. The normalized spacial score (nSPS) is 15.4. The molecule has 1 saturated heterocycles. The van der Waals surface area contributed by atoms with Crippen molar-refractivity contribution < 1.29 is 9.53 Å². The number of nitrogens with zero attached hydrogens (tertiary/aromatic N) is 2. The molecule has 1 fully saturated rings. The van der Waals surface area contributed by atoms with E-state index in [1.165, 1.54) is 5.56 Å². The summed E-state index contributed by atoms with van der Waals surface area (Å²) in [6.45, 7) is 5.44. The van der Waals surface area contributed by atoms with E-state index in [1.54, 1.807) is 18.3 Å². The fraction of sp³-hybridized carbons (Fsp3) is 0.368. The lowest BCUT2D eigenvalue weighted by atomic mass is 10.0. The molecule has 0 spiro atoms. The van der Waals surface area contributed by atoms with Crippen molar-refractivity contribution in [2.24, 2.45) is 0 Å². The Morgan fingerprint density at radius 3 is 2.62 bits per heavy atom. The molecule has 0 unspecified atom stereocenters. The van der Waals surface area contributed by atoms with Gasteiger partial charge in [0.15, 0.2) is 0 Å². The van der Waals surface area contributed by atoms with E-state index in [9.17, 15) is 4.79 Å². The van der Waals surface area contributed by atoms with Gasteiger partial charge >= 0.3 is 0 Å². The van der Waals surface area contributed by atoms with Crippen LogP contribution in [0.2, 0.25) is 5.02 Å². The van der Waals surface area contributed by atoms with Gasteiger partial charge in [-0.05, 0) is 49.2 Å². The number of likely N-dealkylation sites (tertiary alicyclic amines) is 1. The van der Waals surface area contributed by atoms with E-state index in [-0.39, 0.29) is 12.0 Å². The number of piperidine rings is 1.